The van der Waals surface area contributed by atoms with Gasteiger partial charge >= 0.3 is 6.03 Å². The number of nitrogens with one attached hydrogen (secondary N) is 3. The summed E-state index contributed by atoms with van der Waals surface area (Å²) in [6, 6.07) is -0.318. The van der Waals surface area contributed by atoms with Crippen LogP contribution in [0.15, 0.2) is 16.5 Å². The van der Waals surface area contributed by atoms with Crippen LogP contribution in [0.4, 0.5) is 4.79 Å². The Morgan fingerprint density at radius 2 is 2.25 bits per heavy atom. The normalized spacial score (nSPS) is 26.9. The third kappa shape index (κ3) is 0.884. The van der Waals surface area contributed by atoms with E-state index in [9.17, 15) is 4.79 Å². The molecule has 0 fully saturated rings. The third-order valence-corrected chi connectivity index (χ3v) is 1.72. The van der Waals surface area contributed by atoms with Crippen LogP contribution in [0.25, 0.3) is 0 Å². The number of amidine groups is 1. The fourth-order valence-corrected chi connectivity index (χ4v) is 1.22. The molecule has 2 amide bonds. The van der Waals surface area contributed by atoms with Crippen LogP contribution >= 0.6 is 0 Å². The van der Waals surface area contributed by atoms with Crippen molar-refractivity contribution in [3.63, 3.8) is 0 Å². The van der Waals surface area contributed by atoms with Crippen molar-refractivity contribution in [2.24, 2.45) is 10.7 Å². The van der Waals surface area contributed by atoms with Gasteiger partial charge in [-0.1, -0.05) is 0 Å². The maximum atomic E-state index is 10.9. The molecule has 64 valence electrons. The molecule has 2 heterocycles. The highest BCUT2D eigenvalue weighted by Crippen LogP contribution is 2.12. The van der Waals surface area contributed by atoms with E-state index in [2.05, 4.69) is 20.9 Å². The van der Waals surface area contributed by atoms with Gasteiger partial charge < -0.3 is 16.4 Å². The van der Waals surface area contributed by atoms with Gasteiger partial charge in [-0.15, -0.1) is 0 Å². The quantitative estimate of drug-likeness (QED) is 0.364. The van der Waals surface area contributed by atoms with Crippen LogP contribution < -0.4 is 21.7 Å². The minimum atomic E-state index is -0.334. The summed E-state index contributed by atoms with van der Waals surface area (Å²) in [5.74, 6) is 1.09. The fourth-order valence-electron chi connectivity index (χ4n) is 1.22. The molecule has 0 aromatic rings. The van der Waals surface area contributed by atoms with Gasteiger partial charge in [0.05, 0.1) is 0 Å². The van der Waals surface area contributed by atoms with Crippen LogP contribution in [-0.2, 0) is 0 Å². The van der Waals surface area contributed by atoms with Crippen molar-refractivity contribution in [2.45, 2.75) is 13.1 Å². The average Bonchev–Trinajstić information content (AvgIpc) is 2.29. The molecule has 1 unspecified atom stereocenters. The minimum Gasteiger partial charge on any atom is -0.384 e. The topological polar surface area (TPSA) is 91.5 Å². The van der Waals surface area contributed by atoms with E-state index >= 15 is 0 Å². The van der Waals surface area contributed by atoms with Gasteiger partial charge in [0.2, 0.25) is 0 Å². The van der Waals surface area contributed by atoms with E-state index in [4.69, 9.17) is 5.73 Å². The number of amides is 2. The standard InChI is InChI=1S/C6H9N5O/c1-2-8-3-4(7)10-6(12)11-5(3)9-2/h5H,7H2,1H3,(H,8,9)(H2,10,11,12). The number of rotatable bonds is 0. The van der Waals surface area contributed by atoms with Crippen LogP contribution in [0.3, 0.4) is 0 Å². The van der Waals surface area contributed by atoms with Gasteiger partial charge in [0.15, 0.2) is 6.17 Å². The smallest absolute Gasteiger partial charge is 0.322 e. The zero-order chi connectivity index (χ0) is 8.72. The molecule has 0 bridgehead atoms. The summed E-state index contributed by atoms with van der Waals surface area (Å²) in [5, 5.41) is 8.00. The lowest BCUT2D eigenvalue weighted by molar-refractivity contribution is 0.238. The molecular formula is C6H9N5O. The monoisotopic (exact) mass is 167 g/mol. The van der Waals surface area contributed by atoms with Gasteiger partial charge in [-0.05, 0) is 6.92 Å². The lowest BCUT2D eigenvalue weighted by atomic mass is 10.3. The first kappa shape index (κ1) is 6.96. The predicted molar refractivity (Wildman–Crippen MR) is 42.9 cm³/mol. The summed E-state index contributed by atoms with van der Waals surface area (Å²) in [7, 11) is 0. The van der Waals surface area contributed by atoms with Crippen LogP contribution in [-0.4, -0.2) is 18.0 Å². The number of aliphatic imine (C=N–C) groups is 1. The summed E-state index contributed by atoms with van der Waals surface area (Å²) in [6.07, 6.45) is -0.334. The zero-order valence-corrected chi connectivity index (χ0v) is 6.51. The van der Waals surface area contributed by atoms with Crippen LogP contribution in [0.1, 0.15) is 6.92 Å². The molecule has 0 saturated heterocycles. The van der Waals surface area contributed by atoms with E-state index in [1.54, 1.807) is 0 Å². The highest BCUT2D eigenvalue weighted by molar-refractivity contribution is 5.87. The van der Waals surface area contributed by atoms with Crippen LogP contribution in [0.2, 0.25) is 0 Å². The Labute approximate surface area is 68.9 Å². The maximum Gasteiger partial charge on any atom is 0.322 e. The molecule has 0 saturated carbocycles. The lowest BCUT2D eigenvalue weighted by Crippen LogP contribution is -2.50. The SMILES string of the molecule is CC1=NC2NC(=O)NC(N)=C2N1. The lowest BCUT2D eigenvalue weighted by Gasteiger charge is -2.20. The van der Waals surface area contributed by atoms with Gasteiger partial charge in [0.25, 0.3) is 0 Å². The van der Waals surface area contributed by atoms with Gasteiger partial charge in [-0.25, -0.2) is 9.79 Å². The van der Waals surface area contributed by atoms with Gasteiger partial charge in [0.1, 0.15) is 17.4 Å². The fraction of sp³-hybridized carbons (Fsp3) is 0.333. The summed E-state index contributed by atoms with van der Waals surface area (Å²) < 4.78 is 0. The van der Waals surface area contributed by atoms with Crippen molar-refractivity contribution < 1.29 is 4.79 Å². The third-order valence-electron chi connectivity index (χ3n) is 1.72. The molecule has 0 spiro atoms. The first-order valence-corrected chi connectivity index (χ1v) is 3.55. The number of nitrogens with zero attached hydrogens (tertiary/aromatic N) is 1. The second-order valence-corrected chi connectivity index (χ2v) is 2.67. The number of urea groups is 1. The zero-order valence-electron chi connectivity index (χ0n) is 6.51. The van der Waals surface area contributed by atoms with Crippen molar-refractivity contribution in [3.05, 3.63) is 11.5 Å². The van der Waals surface area contributed by atoms with Crippen LogP contribution in [0, 0.1) is 0 Å². The Morgan fingerprint density at radius 1 is 1.50 bits per heavy atom. The molecule has 2 aliphatic rings. The molecule has 12 heavy (non-hydrogen) atoms. The van der Waals surface area contributed by atoms with Crippen molar-refractivity contribution in [1.29, 1.82) is 0 Å². The molecule has 5 N–H and O–H groups in total. The Kier molecular flexibility index (Phi) is 1.24. The number of hydrogen-bond acceptors (Lipinski definition) is 4. The second kappa shape index (κ2) is 2.13. The number of hydrogen-bond donors (Lipinski definition) is 4. The molecule has 2 aliphatic heterocycles. The molecule has 2 rings (SSSR count). The summed E-state index contributed by atoms with van der Waals surface area (Å²) in [6.45, 7) is 1.81. The van der Waals surface area contributed by atoms with E-state index < -0.39 is 0 Å². The molecule has 0 radical (unpaired) electrons. The Balaban J connectivity index is 2.35. The van der Waals surface area contributed by atoms with Crippen molar-refractivity contribution in [1.82, 2.24) is 16.0 Å². The molecular weight excluding hydrogens is 158 g/mol. The molecule has 0 aromatic heterocycles. The Morgan fingerprint density at radius 3 is 3.00 bits per heavy atom. The molecule has 6 heteroatoms. The predicted octanol–water partition coefficient (Wildman–Crippen LogP) is -1.23. The highest BCUT2D eigenvalue weighted by atomic mass is 16.2. The van der Waals surface area contributed by atoms with E-state index in [-0.39, 0.29) is 12.2 Å². The van der Waals surface area contributed by atoms with Crippen molar-refractivity contribution >= 4 is 11.9 Å². The van der Waals surface area contributed by atoms with Crippen molar-refractivity contribution in [2.75, 3.05) is 0 Å². The number of carbonyl (C=O) groups excluding carboxylic acids is 1. The summed E-state index contributed by atoms with van der Waals surface area (Å²) in [5.41, 5.74) is 6.26. The molecule has 6 nitrogen and oxygen atoms in total. The van der Waals surface area contributed by atoms with E-state index in [1.807, 2.05) is 6.92 Å². The largest absolute Gasteiger partial charge is 0.384 e. The molecule has 0 aliphatic carbocycles. The number of carbonyl (C=O) groups is 1. The summed E-state index contributed by atoms with van der Waals surface area (Å²) in [4.78, 5) is 15.0. The van der Waals surface area contributed by atoms with Gasteiger partial charge in [-0.2, -0.15) is 0 Å². The Hall–Kier alpha value is -1.72. The first-order chi connectivity index (χ1) is 5.66. The molecule has 1 atom stereocenters. The Bertz CT molecular complexity index is 305. The molecule has 0 aromatic carbocycles. The van der Waals surface area contributed by atoms with Crippen molar-refractivity contribution in [3.8, 4) is 0 Å². The second-order valence-electron chi connectivity index (χ2n) is 2.67. The summed E-state index contributed by atoms with van der Waals surface area (Å²) >= 11 is 0. The van der Waals surface area contributed by atoms with E-state index in [0.29, 0.717) is 11.5 Å². The average molecular weight is 167 g/mol. The minimum absolute atomic E-state index is 0.318. The number of nitrogens with two attached hydrogens (primary N) is 1. The number of fused-ring (bicyclic) bond motifs is 1. The van der Waals surface area contributed by atoms with Crippen LogP contribution in [0.5, 0.6) is 0 Å². The van der Waals surface area contributed by atoms with Gasteiger partial charge in [0, 0.05) is 0 Å². The van der Waals surface area contributed by atoms with E-state index in [0.717, 1.165) is 5.84 Å². The van der Waals surface area contributed by atoms with Gasteiger partial charge in [-0.3, -0.25) is 5.32 Å². The van der Waals surface area contributed by atoms with E-state index in [1.165, 1.54) is 0 Å². The maximum absolute atomic E-state index is 10.9. The first-order valence-electron chi connectivity index (χ1n) is 3.55. The highest BCUT2D eigenvalue weighted by Gasteiger charge is 2.29.